The van der Waals surface area contributed by atoms with Gasteiger partial charge in [0.1, 0.15) is 5.75 Å². The van der Waals surface area contributed by atoms with Crippen molar-refractivity contribution in [3.63, 3.8) is 0 Å². The molecule has 2 fully saturated rings. The number of ether oxygens (including phenoxy) is 1. The molecule has 0 unspecified atom stereocenters. The van der Waals surface area contributed by atoms with Gasteiger partial charge in [-0.15, -0.1) is 0 Å². The Hall–Kier alpha value is -1.51. The molecule has 3 rings (SSSR count). The smallest absolute Gasteiger partial charge is 0.258 e. The minimum absolute atomic E-state index is 0.0229. The summed E-state index contributed by atoms with van der Waals surface area (Å²) in [6, 6.07) is 6.48. The topological polar surface area (TPSA) is 38.3 Å². The quantitative estimate of drug-likeness (QED) is 0.865. The largest absolute Gasteiger partial charge is 0.483 e. The van der Waals surface area contributed by atoms with E-state index in [1.807, 2.05) is 26.0 Å². The molecule has 0 radical (unpaired) electrons. The molecule has 3 nitrogen and oxygen atoms in total. The van der Waals surface area contributed by atoms with Crippen molar-refractivity contribution in [2.75, 3.05) is 6.61 Å². The van der Waals surface area contributed by atoms with Crippen molar-refractivity contribution in [2.45, 2.75) is 45.6 Å². The fourth-order valence-electron chi connectivity index (χ4n) is 2.76. The van der Waals surface area contributed by atoms with Gasteiger partial charge in [0.05, 0.1) is 0 Å². The van der Waals surface area contributed by atoms with Crippen molar-refractivity contribution < 1.29 is 9.53 Å². The average Bonchev–Trinajstić information content (AvgIpc) is 3.28. The van der Waals surface area contributed by atoms with E-state index in [0.29, 0.717) is 6.04 Å². The van der Waals surface area contributed by atoms with Gasteiger partial charge in [-0.3, -0.25) is 4.79 Å². The zero-order valence-corrected chi connectivity index (χ0v) is 12.3. The van der Waals surface area contributed by atoms with E-state index in [9.17, 15) is 4.79 Å². The molecular formula is C17H23NO2. The van der Waals surface area contributed by atoms with Gasteiger partial charge in [0.2, 0.25) is 0 Å². The van der Waals surface area contributed by atoms with Gasteiger partial charge in [0.15, 0.2) is 6.61 Å². The van der Waals surface area contributed by atoms with Crippen molar-refractivity contribution in [3.05, 3.63) is 29.3 Å². The number of aryl methyl sites for hydroxylation is 2. The standard InChI is InChI=1S/C17H23NO2/c1-11-3-4-12(2)15(9-11)20-10-16(19)18-17(13-5-6-13)14-7-8-14/h3-4,9,13-14,17H,5-8,10H2,1-2H3,(H,18,19). The molecule has 0 heterocycles. The third kappa shape index (κ3) is 3.33. The Balaban J connectivity index is 1.52. The lowest BCUT2D eigenvalue weighted by Crippen LogP contribution is -2.40. The summed E-state index contributed by atoms with van der Waals surface area (Å²) in [5.74, 6) is 2.29. The minimum atomic E-state index is 0.0229. The predicted octanol–water partition coefficient (Wildman–Crippen LogP) is 2.99. The van der Waals surface area contributed by atoms with Crippen LogP contribution in [0.25, 0.3) is 0 Å². The Kier molecular flexibility index (Phi) is 3.68. The summed E-state index contributed by atoms with van der Waals surface area (Å²) in [6.45, 7) is 4.16. The zero-order valence-electron chi connectivity index (χ0n) is 12.3. The molecule has 3 heteroatoms. The Labute approximate surface area is 120 Å². The van der Waals surface area contributed by atoms with E-state index in [1.54, 1.807) is 0 Å². The first-order chi connectivity index (χ1) is 9.63. The number of benzene rings is 1. The first-order valence-electron chi connectivity index (χ1n) is 7.63. The van der Waals surface area contributed by atoms with Crippen molar-refractivity contribution in [1.29, 1.82) is 0 Å². The number of rotatable bonds is 6. The normalized spacial score (nSPS) is 18.1. The summed E-state index contributed by atoms with van der Waals surface area (Å²) in [5, 5.41) is 3.18. The van der Waals surface area contributed by atoms with E-state index >= 15 is 0 Å². The van der Waals surface area contributed by atoms with Crippen molar-refractivity contribution >= 4 is 5.91 Å². The molecule has 0 bridgehead atoms. The predicted molar refractivity (Wildman–Crippen MR) is 78.8 cm³/mol. The molecule has 2 saturated carbocycles. The lowest BCUT2D eigenvalue weighted by atomic mass is 10.1. The Morgan fingerprint density at radius 3 is 2.50 bits per heavy atom. The number of hydrogen-bond acceptors (Lipinski definition) is 2. The summed E-state index contributed by atoms with van der Waals surface area (Å²) in [7, 11) is 0. The van der Waals surface area contributed by atoms with Gasteiger partial charge in [0, 0.05) is 6.04 Å². The van der Waals surface area contributed by atoms with E-state index in [-0.39, 0.29) is 12.5 Å². The average molecular weight is 273 g/mol. The molecule has 0 spiro atoms. The summed E-state index contributed by atoms with van der Waals surface area (Å²) in [6.07, 6.45) is 5.11. The van der Waals surface area contributed by atoms with Gasteiger partial charge >= 0.3 is 0 Å². The van der Waals surface area contributed by atoms with Gasteiger partial charge in [0.25, 0.3) is 5.91 Å². The molecular weight excluding hydrogens is 250 g/mol. The molecule has 108 valence electrons. The van der Waals surface area contributed by atoms with Crippen molar-refractivity contribution in [2.24, 2.45) is 11.8 Å². The van der Waals surface area contributed by atoms with Crippen molar-refractivity contribution in [3.8, 4) is 5.75 Å². The summed E-state index contributed by atoms with van der Waals surface area (Å²) in [5.41, 5.74) is 2.23. The third-order valence-electron chi connectivity index (χ3n) is 4.29. The molecule has 1 N–H and O–H groups in total. The number of carbonyl (C=O) groups excluding carboxylic acids is 1. The van der Waals surface area contributed by atoms with Crippen LogP contribution < -0.4 is 10.1 Å². The second-order valence-corrected chi connectivity index (χ2v) is 6.33. The molecule has 0 aromatic heterocycles. The highest BCUT2D eigenvalue weighted by Crippen LogP contribution is 2.44. The highest BCUT2D eigenvalue weighted by atomic mass is 16.5. The molecule has 2 aliphatic rings. The van der Waals surface area contributed by atoms with E-state index in [1.165, 1.54) is 25.7 Å². The SMILES string of the molecule is Cc1ccc(C)c(OCC(=O)NC(C2CC2)C2CC2)c1. The second-order valence-electron chi connectivity index (χ2n) is 6.33. The van der Waals surface area contributed by atoms with E-state index in [4.69, 9.17) is 4.74 Å². The van der Waals surface area contributed by atoms with Crippen LogP contribution in [-0.4, -0.2) is 18.6 Å². The molecule has 0 aliphatic heterocycles. The molecule has 1 aromatic rings. The molecule has 0 atom stereocenters. The molecule has 1 amide bonds. The molecule has 1 aromatic carbocycles. The van der Waals surface area contributed by atoms with Crippen molar-refractivity contribution in [1.82, 2.24) is 5.32 Å². The fraction of sp³-hybridized carbons (Fsp3) is 0.588. The highest BCUT2D eigenvalue weighted by Gasteiger charge is 2.42. The van der Waals surface area contributed by atoms with Gasteiger partial charge in [-0.2, -0.15) is 0 Å². The van der Waals surface area contributed by atoms with Crippen LogP contribution in [0, 0.1) is 25.7 Å². The Morgan fingerprint density at radius 1 is 1.25 bits per heavy atom. The fourth-order valence-corrected chi connectivity index (χ4v) is 2.76. The summed E-state index contributed by atoms with van der Waals surface area (Å²) < 4.78 is 5.67. The van der Waals surface area contributed by atoms with Gasteiger partial charge in [-0.25, -0.2) is 0 Å². The number of carbonyl (C=O) groups is 1. The molecule has 0 saturated heterocycles. The zero-order chi connectivity index (χ0) is 14.1. The van der Waals surface area contributed by atoms with Crippen LogP contribution in [0.15, 0.2) is 18.2 Å². The third-order valence-corrected chi connectivity index (χ3v) is 4.29. The first kappa shape index (κ1) is 13.5. The molecule has 2 aliphatic carbocycles. The maximum atomic E-state index is 12.1. The lowest BCUT2D eigenvalue weighted by molar-refractivity contribution is -0.124. The lowest BCUT2D eigenvalue weighted by Gasteiger charge is -2.18. The van der Waals surface area contributed by atoms with E-state index in [0.717, 1.165) is 28.7 Å². The highest BCUT2D eigenvalue weighted by molar-refractivity contribution is 5.78. The summed E-state index contributed by atoms with van der Waals surface area (Å²) in [4.78, 5) is 12.1. The monoisotopic (exact) mass is 273 g/mol. The Bertz CT molecular complexity index is 492. The van der Waals surface area contributed by atoms with Crippen LogP contribution in [0.5, 0.6) is 5.75 Å². The number of nitrogens with one attached hydrogen (secondary N) is 1. The maximum absolute atomic E-state index is 12.1. The van der Waals surface area contributed by atoms with Crippen LogP contribution in [0.3, 0.4) is 0 Å². The maximum Gasteiger partial charge on any atom is 0.258 e. The van der Waals surface area contributed by atoms with E-state index < -0.39 is 0 Å². The van der Waals surface area contributed by atoms with Gasteiger partial charge < -0.3 is 10.1 Å². The van der Waals surface area contributed by atoms with Crippen LogP contribution >= 0.6 is 0 Å². The van der Waals surface area contributed by atoms with Gasteiger partial charge in [-0.1, -0.05) is 12.1 Å². The van der Waals surface area contributed by atoms with E-state index in [2.05, 4.69) is 11.4 Å². The number of amides is 1. The first-order valence-corrected chi connectivity index (χ1v) is 7.63. The second kappa shape index (κ2) is 5.47. The van der Waals surface area contributed by atoms with Gasteiger partial charge in [-0.05, 0) is 68.6 Å². The van der Waals surface area contributed by atoms with Crippen LogP contribution in [-0.2, 0) is 4.79 Å². The van der Waals surface area contributed by atoms with Crippen LogP contribution in [0.1, 0.15) is 36.8 Å². The summed E-state index contributed by atoms with van der Waals surface area (Å²) >= 11 is 0. The number of hydrogen-bond donors (Lipinski definition) is 1. The molecule has 20 heavy (non-hydrogen) atoms. The minimum Gasteiger partial charge on any atom is -0.483 e. The Morgan fingerprint density at radius 2 is 1.90 bits per heavy atom. The van der Waals surface area contributed by atoms with Crippen LogP contribution in [0.2, 0.25) is 0 Å². The van der Waals surface area contributed by atoms with Crippen LogP contribution in [0.4, 0.5) is 0 Å².